The lowest BCUT2D eigenvalue weighted by atomic mass is 9.34. The molecule has 0 amide bonds. The minimum Gasteiger partial charge on any atom is -0.263 e. The van der Waals surface area contributed by atoms with Crippen molar-refractivity contribution < 1.29 is 0 Å². The van der Waals surface area contributed by atoms with Crippen LogP contribution in [0.5, 0.6) is 0 Å². The van der Waals surface area contributed by atoms with Crippen LogP contribution < -0.4 is 4.72 Å². The third kappa shape index (κ3) is 3.84. The molecule has 0 heterocycles. The molecule has 1 N–H and O–H groups in total. The maximum atomic E-state index is 4.92. The van der Waals surface area contributed by atoms with Gasteiger partial charge in [0.2, 0.25) is 0 Å². The minimum atomic E-state index is 0.516. The zero-order chi connectivity index (χ0) is 21.9. The maximum Gasteiger partial charge on any atom is 0.0234 e. The van der Waals surface area contributed by atoms with E-state index < -0.39 is 0 Å². The van der Waals surface area contributed by atoms with Gasteiger partial charge in [-0.15, -0.1) is 0 Å². The second kappa shape index (κ2) is 10.5. The summed E-state index contributed by atoms with van der Waals surface area (Å²) in [5.74, 6) is 1.99. The van der Waals surface area contributed by atoms with Crippen LogP contribution in [0.25, 0.3) is 0 Å². The predicted molar refractivity (Wildman–Crippen MR) is 141 cm³/mol. The fourth-order valence-corrected chi connectivity index (χ4v) is 11.5. The highest BCUT2D eigenvalue weighted by Crippen LogP contribution is 2.74. The molecule has 0 radical (unpaired) electrons. The molecule has 0 aromatic heterocycles. The summed E-state index contributed by atoms with van der Waals surface area (Å²) < 4.78 is 3.77. The molecule has 32 heavy (non-hydrogen) atoms. The van der Waals surface area contributed by atoms with Gasteiger partial charge in [0, 0.05) is 6.04 Å². The molecule has 5 saturated carbocycles. The van der Waals surface area contributed by atoms with E-state index in [2.05, 4.69) is 4.72 Å². The summed E-state index contributed by atoms with van der Waals surface area (Å²) in [7, 11) is 0. The smallest absolute Gasteiger partial charge is 0.0234 e. The number of hydrogen-bond donors (Lipinski definition) is 2. The second-order valence-electron chi connectivity index (χ2n) is 13.0. The van der Waals surface area contributed by atoms with Crippen LogP contribution in [-0.2, 0) is 0 Å². The first-order chi connectivity index (χ1) is 15.8. The summed E-state index contributed by atoms with van der Waals surface area (Å²) in [4.78, 5) is 0. The molecule has 0 spiro atoms. The predicted octanol–water partition coefficient (Wildman–Crippen LogP) is 9.41. The molecule has 5 aliphatic carbocycles. The van der Waals surface area contributed by atoms with E-state index in [4.69, 9.17) is 12.8 Å². The lowest BCUT2D eigenvalue weighted by Crippen LogP contribution is -2.67. The average Bonchev–Trinajstić information content (AvgIpc) is 2.90. The molecular weight excluding hydrogens is 406 g/mol. The van der Waals surface area contributed by atoms with Crippen molar-refractivity contribution in [1.82, 2.24) is 4.72 Å². The topological polar surface area (TPSA) is 12.0 Å². The number of thiol groups is 1. The van der Waals surface area contributed by atoms with Crippen molar-refractivity contribution in [3.63, 3.8) is 0 Å². The Labute approximate surface area is 205 Å². The van der Waals surface area contributed by atoms with Gasteiger partial charge < -0.3 is 0 Å². The van der Waals surface area contributed by atoms with Crippen molar-refractivity contribution in [3.8, 4) is 0 Å². The average molecular weight is 460 g/mol. The van der Waals surface area contributed by atoms with Crippen LogP contribution in [-0.4, -0.2) is 6.04 Å². The zero-order valence-electron chi connectivity index (χ0n) is 21.1. The molecule has 0 bridgehead atoms. The lowest BCUT2D eigenvalue weighted by molar-refractivity contribution is -0.213. The van der Waals surface area contributed by atoms with Gasteiger partial charge in [0.25, 0.3) is 0 Å². The third-order valence-corrected chi connectivity index (χ3v) is 12.4. The van der Waals surface area contributed by atoms with Crippen LogP contribution in [0.3, 0.4) is 0 Å². The van der Waals surface area contributed by atoms with E-state index in [0.717, 1.165) is 11.8 Å². The summed E-state index contributed by atoms with van der Waals surface area (Å²) in [6, 6.07) is 0.656. The van der Waals surface area contributed by atoms with Crippen molar-refractivity contribution in [3.05, 3.63) is 0 Å². The zero-order valence-corrected chi connectivity index (χ0v) is 22.0. The van der Waals surface area contributed by atoms with E-state index in [0.29, 0.717) is 22.3 Å². The van der Waals surface area contributed by atoms with Gasteiger partial charge in [0.05, 0.1) is 0 Å². The Kier molecular flexibility index (Phi) is 7.89. The van der Waals surface area contributed by atoms with Crippen LogP contribution in [0.2, 0.25) is 0 Å². The molecular formula is C30H53NS. The SMILES string of the molecule is SNC1CCCCC1(C1CCCCC1)C1(C2(C3CCCCC3)CCCCC2)CCCCC1. The van der Waals surface area contributed by atoms with E-state index in [1.807, 2.05) is 0 Å². The highest BCUT2D eigenvalue weighted by Gasteiger charge is 2.67. The molecule has 0 aromatic carbocycles. The Morgan fingerprint density at radius 3 is 1.53 bits per heavy atom. The van der Waals surface area contributed by atoms with E-state index >= 15 is 0 Å². The van der Waals surface area contributed by atoms with Crippen molar-refractivity contribution in [2.75, 3.05) is 0 Å². The minimum absolute atomic E-state index is 0.516. The molecule has 0 aromatic rings. The molecule has 2 heteroatoms. The Morgan fingerprint density at radius 2 is 0.938 bits per heavy atom. The molecule has 0 aliphatic heterocycles. The van der Waals surface area contributed by atoms with Gasteiger partial charge in [-0.2, -0.15) is 0 Å². The third-order valence-electron chi connectivity index (χ3n) is 12.1. The fraction of sp³-hybridized carbons (Fsp3) is 1.00. The van der Waals surface area contributed by atoms with Crippen molar-refractivity contribution >= 4 is 12.8 Å². The molecule has 2 atom stereocenters. The van der Waals surface area contributed by atoms with Gasteiger partial charge in [-0.3, -0.25) is 4.72 Å². The molecule has 184 valence electrons. The second-order valence-corrected chi connectivity index (χ2v) is 13.3. The summed E-state index contributed by atoms with van der Waals surface area (Å²) in [5.41, 5.74) is 1.75. The van der Waals surface area contributed by atoms with Gasteiger partial charge in [-0.1, -0.05) is 103 Å². The molecule has 1 nitrogen and oxygen atoms in total. The van der Waals surface area contributed by atoms with Gasteiger partial charge in [-0.25, -0.2) is 0 Å². The van der Waals surface area contributed by atoms with Crippen LogP contribution >= 0.6 is 12.8 Å². The molecule has 5 fully saturated rings. The van der Waals surface area contributed by atoms with Crippen molar-refractivity contribution in [2.45, 2.75) is 160 Å². The Morgan fingerprint density at radius 1 is 0.469 bits per heavy atom. The van der Waals surface area contributed by atoms with Crippen LogP contribution in [0.15, 0.2) is 0 Å². The normalized spacial score (nSPS) is 37.2. The van der Waals surface area contributed by atoms with E-state index in [1.54, 1.807) is 38.5 Å². The van der Waals surface area contributed by atoms with Gasteiger partial charge in [-0.05, 0) is 92.3 Å². The summed E-state index contributed by atoms with van der Waals surface area (Å²) in [6.45, 7) is 0. The van der Waals surface area contributed by atoms with Gasteiger partial charge >= 0.3 is 0 Å². The van der Waals surface area contributed by atoms with Crippen LogP contribution in [0.1, 0.15) is 154 Å². The molecule has 5 rings (SSSR count). The van der Waals surface area contributed by atoms with Gasteiger partial charge in [0.15, 0.2) is 0 Å². The molecule has 5 aliphatic rings. The monoisotopic (exact) mass is 459 g/mol. The van der Waals surface area contributed by atoms with Crippen LogP contribution in [0.4, 0.5) is 0 Å². The Balaban J connectivity index is 1.67. The van der Waals surface area contributed by atoms with E-state index in [9.17, 15) is 0 Å². The fourth-order valence-electron chi connectivity index (χ4n) is 11.1. The molecule has 0 saturated heterocycles. The van der Waals surface area contributed by atoms with Gasteiger partial charge in [0.1, 0.15) is 0 Å². The number of rotatable bonds is 5. The first kappa shape index (κ1) is 24.0. The lowest BCUT2D eigenvalue weighted by Gasteiger charge is -2.71. The van der Waals surface area contributed by atoms with Crippen molar-refractivity contribution in [1.29, 1.82) is 0 Å². The number of hydrogen-bond acceptors (Lipinski definition) is 2. The quantitative estimate of drug-likeness (QED) is 0.390. The van der Waals surface area contributed by atoms with E-state index in [1.165, 1.54) is 116 Å². The standard InChI is InChI=1S/C30H53NS/c32-31-27-19-9-14-24-30(27,26-17-7-2-8-18-26)29(22-12-4-13-23-29)28(20-10-3-11-21-28)25-15-5-1-6-16-25/h25-27,31-32H,1-24H2. The Hall–Kier alpha value is 0.310. The summed E-state index contributed by atoms with van der Waals surface area (Å²) >= 11 is 4.92. The van der Waals surface area contributed by atoms with Crippen LogP contribution in [0, 0.1) is 28.1 Å². The van der Waals surface area contributed by atoms with E-state index in [-0.39, 0.29) is 0 Å². The largest absolute Gasteiger partial charge is 0.263 e. The first-order valence-electron chi connectivity index (χ1n) is 15.2. The first-order valence-corrected chi connectivity index (χ1v) is 15.6. The Bertz CT molecular complexity index is 578. The highest BCUT2D eigenvalue weighted by molar-refractivity contribution is 7.78. The number of nitrogens with one attached hydrogen (secondary N) is 1. The highest BCUT2D eigenvalue weighted by atomic mass is 32.1. The maximum absolute atomic E-state index is 4.92. The summed E-state index contributed by atoms with van der Waals surface area (Å²) in [6.07, 6.45) is 36.4. The van der Waals surface area contributed by atoms with Crippen molar-refractivity contribution in [2.24, 2.45) is 28.1 Å². The molecule has 2 unspecified atom stereocenters. The summed E-state index contributed by atoms with van der Waals surface area (Å²) in [5, 5.41) is 0.